The topological polar surface area (TPSA) is 66.5 Å². The molecule has 0 radical (unpaired) electrons. The maximum atomic E-state index is 13.0. The molecule has 1 aliphatic heterocycles. The van der Waals surface area contributed by atoms with Gasteiger partial charge in [0, 0.05) is 18.7 Å². The molecule has 0 bridgehead atoms. The molecule has 3 rings (SSSR count). The monoisotopic (exact) mass is 356 g/mol. The highest BCUT2D eigenvalue weighted by Gasteiger charge is 2.28. The summed E-state index contributed by atoms with van der Waals surface area (Å²) in [7, 11) is -3.65. The van der Waals surface area contributed by atoms with Gasteiger partial charge in [0.15, 0.2) is 0 Å². The molecule has 1 N–H and O–H groups in total. The minimum atomic E-state index is -3.65. The van der Waals surface area contributed by atoms with E-state index in [2.05, 4.69) is 11.9 Å². The third-order valence-electron chi connectivity index (χ3n) is 4.18. The normalized spacial score (nSPS) is 13.8. The van der Waals surface area contributed by atoms with Gasteiger partial charge >= 0.3 is 0 Å². The zero-order valence-electron chi connectivity index (χ0n) is 13.8. The van der Waals surface area contributed by atoms with Crippen molar-refractivity contribution < 1.29 is 13.2 Å². The number of para-hydroxylation sites is 1. The lowest BCUT2D eigenvalue weighted by molar-refractivity contribution is 0.0958. The second-order valence-corrected chi connectivity index (χ2v) is 7.69. The number of sulfonamides is 1. The number of fused-ring (bicyclic) bond motifs is 1. The third kappa shape index (κ3) is 3.44. The zero-order valence-corrected chi connectivity index (χ0v) is 14.6. The molecule has 6 heteroatoms. The van der Waals surface area contributed by atoms with Crippen molar-refractivity contribution in [3.8, 4) is 0 Å². The van der Waals surface area contributed by atoms with Crippen LogP contribution in [0.25, 0.3) is 0 Å². The Hall–Kier alpha value is -2.60. The number of nitrogens with zero attached hydrogens (tertiary/aromatic N) is 1. The summed E-state index contributed by atoms with van der Waals surface area (Å²) in [5.74, 6) is -0.257. The van der Waals surface area contributed by atoms with E-state index in [1.54, 1.807) is 6.08 Å². The van der Waals surface area contributed by atoms with Crippen LogP contribution in [0.3, 0.4) is 0 Å². The Balaban J connectivity index is 1.89. The highest BCUT2D eigenvalue weighted by molar-refractivity contribution is 7.92. The molecule has 2 aromatic carbocycles. The van der Waals surface area contributed by atoms with Crippen LogP contribution in [0.1, 0.15) is 22.3 Å². The molecule has 2 aromatic rings. The second-order valence-electron chi connectivity index (χ2n) is 5.83. The van der Waals surface area contributed by atoms with Gasteiger partial charge in [-0.25, -0.2) is 8.42 Å². The number of benzene rings is 2. The summed E-state index contributed by atoms with van der Waals surface area (Å²) in [6.45, 7) is 4.37. The Morgan fingerprint density at radius 3 is 2.60 bits per heavy atom. The zero-order chi connectivity index (χ0) is 17.9. The van der Waals surface area contributed by atoms with Crippen LogP contribution in [0.5, 0.6) is 0 Å². The Kier molecular flexibility index (Phi) is 4.90. The van der Waals surface area contributed by atoms with E-state index >= 15 is 0 Å². The van der Waals surface area contributed by atoms with Gasteiger partial charge in [-0.05, 0) is 48.7 Å². The van der Waals surface area contributed by atoms with E-state index in [1.165, 1.54) is 28.6 Å². The van der Waals surface area contributed by atoms with Gasteiger partial charge in [-0.3, -0.25) is 9.10 Å². The smallest absolute Gasteiger partial charge is 0.264 e. The molecule has 0 saturated heterocycles. The molecule has 5 nitrogen and oxygen atoms in total. The average Bonchev–Trinajstić information content (AvgIpc) is 2.65. The van der Waals surface area contributed by atoms with Crippen molar-refractivity contribution in [2.75, 3.05) is 17.4 Å². The van der Waals surface area contributed by atoms with Crippen LogP contribution in [0.15, 0.2) is 66.1 Å². The number of carbonyl (C=O) groups excluding carboxylic acids is 1. The van der Waals surface area contributed by atoms with Crippen LogP contribution < -0.4 is 9.62 Å². The van der Waals surface area contributed by atoms with Crippen molar-refractivity contribution in [3.05, 3.63) is 72.3 Å². The number of anilines is 1. The lowest BCUT2D eigenvalue weighted by Crippen LogP contribution is -2.35. The predicted molar refractivity (Wildman–Crippen MR) is 98.3 cm³/mol. The van der Waals surface area contributed by atoms with Crippen LogP contribution in [0.4, 0.5) is 5.69 Å². The van der Waals surface area contributed by atoms with Gasteiger partial charge in [-0.15, -0.1) is 6.58 Å². The number of aryl methyl sites for hydroxylation is 1. The maximum absolute atomic E-state index is 13.0. The summed E-state index contributed by atoms with van der Waals surface area (Å²) in [6.07, 6.45) is 3.26. The van der Waals surface area contributed by atoms with Crippen molar-refractivity contribution in [2.24, 2.45) is 0 Å². The molecule has 0 atom stereocenters. The third-order valence-corrected chi connectivity index (χ3v) is 6.01. The molecule has 1 aliphatic rings. The fraction of sp³-hybridized carbons (Fsp3) is 0.211. The Bertz CT molecular complexity index is 889. The summed E-state index contributed by atoms with van der Waals surface area (Å²) in [5.41, 5.74) is 2.19. The van der Waals surface area contributed by atoms with Crippen molar-refractivity contribution in [1.82, 2.24) is 5.32 Å². The van der Waals surface area contributed by atoms with E-state index in [4.69, 9.17) is 0 Å². The maximum Gasteiger partial charge on any atom is 0.264 e. The molecule has 0 aliphatic carbocycles. The second kappa shape index (κ2) is 7.11. The molecular formula is C19H20N2O3S. The first kappa shape index (κ1) is 17.2. The lowest BCUT2D eigenvalue weighted by Gasteiger charge is -2.30. The van der Waals surface area contributed by atoms with Crippen molar-refractivity contribution >= 4 is 21.6 Å². The lowest BCUT2D eigenvalue weighted by atomic mass is 10.0. The minimum absolute atomic E-state index is 0.185. The SMILES string of the molecule is C=CCNC(=O)c1ccc(S(=O)(=O)N2CCCc3ccccc32)cc1. The van der Waals surface area contributed by atoms with Gasteiger partial charge in [-0.2, -0.15) is 0 Å². The van der Waals surface area contributed by atoms with Gasteiger partial charge < -0.3 is 5.32 Å². The standard InChI is InChI=1S/C19H20N2O3S/c1-2-13-20-19(22)16-9-11-17(12-10-16)25(23,24)21-14-5-7-15-6-3-4-8-18(15)21/h2-4,6,8-12H,1,5,7,13-14H2,(H,20,22). The summed E-state index contributed by atoms with van der Waals surface area (Å²) >= 11 is 0. The molecule has 0 saturated carbocycles. The first-order valence-corrected chi connectivity index (χ1v) is 9.58. The summed E-state index contributed by atoms with van der Waals surface area (Å²) in [5, 5.41) is 2.67. The molecule has 0 fully saturated rings. The molecule has 0 spiro atoms. The number of nitrogens with one attached hydrogen (secondary N) is 1. The minimum Gasteiger partial charge on any atom is -0.349 e. The van der Waals surface area contributed by atoms with Crippen LogP contribution >= 0.6 is 0 Å². The van der Waals surface area contributed by atoms with Gasteiger partial charge in [0.05, 0.1) is 10.6 Å². The van der Waals surface area contributed by atoms with Crippen LogP contribution in [0, 0.1) is 0 Å². The Morgan fingerprint density at radius 1 is 1.16 bits per heavy atom. The molecule has 0 aromatic heterocycles. The van der Waals surface area contributed by atoms with Crippen molar-refractivity contribution in [1.29, 1.82) is 0 Å². The fourth-order valence-electron chi connectivity index (χ4n) is 2.92. The van der Waals surface area contributed by atoms with Gasteiger partial charge in [0.1, 0.15) is 0 Å². The van der Waals surface area contributed by atoms with Crippen LogP contribution in [0.2, 0.25) is 0 Å². The largest absolute Gasteiger partial charge is 0.349 e. The first-order valence-electron chi connectivity index (χ1n) is 8.14. The summed E-state index contributed by atoms with van der Waals surface area (Å²) in [6, 6.07) is 13.6. The van der Waals surface area contributed by atoms with Crippen molar-refractivity contribution in [2.45, 2.75) is 17.7 Å². The molecule has 130 valence electrons. The molecule has 1 heterocycles. The van der Waals surface area contributed by atoms with Gasteiger partial charge in [0.2, 0.25) is 0 Å². The molecule has 0 unspecified atom stereocenters. The van der Waals surface area contributed by atoms with Crippen LogP contribution in [-0.2, 0) is 16.4 Å². The predicted octanol–water partition coefficient (Wildman–Crippen LogP) is 2.74. The number of carbonyl (C=O) groups is 1. The number of amides is 1. The average molecular weight is 356 g/mol. The van der Waals surface area contributed by atoms with Gasteiger partial charge in [0.25, 0.3) is 15.9 Å². The van der Waals surface area contributed by atoms with E-state index < -0.39 is 10.0 Å². The molecule has 25 heavy (non-hydrogen) atoms. The summed E-state index contributed by atoms with van der Waals surface area (Å²) < 4.78 is 27.5. The highest BCUT2D eigenvalue weighted by atomic mass is 32.2. The molecular weight excluding hydrogens is 336 g/mol. The number of rotatable bonds is 5. The first-order chi connectivity index (χ1) is 12.0. The number of hydrogen-bond acceptors (Lipinski definition) is 3. The van der Waals surface area contributed by atoms with E-state index in [9.17, 15) is 13.2 Å². The Morgan fingerprint density at radius 2 is 1.88 bits per heavy atom. The van der Waals surface area contributed by atoms with E-state index in [1.807, 2.05) is 24.3 Å². The van der Waals surface area contributed by atoms with Gasteiger partial charge in [-0.1, -0.05) is 24.3 Å². The van der Waals surface area contributed by atoms with E-state index in [0.717, 1.165) is 24.1 Å². The van der Waals surface area contributed by atoms with E-state index in [-0.39, 0.29) is 10.8 Å². The molecule has 1 amide bonds. The van der Waals surface area contributed by atoms with E-state index in [0.29, 0.717) is 18.7 Å². The Labute approximate surface area is 148 Å². The fourth-order valence-corrected chi connectivity index (χ4v) is 4.46. The number of hydrogen-bond donors (Lipinski definition) is 1. The van der Waals surface area contributed by atoms with Crippen molar-refractivity contribution in [3.63, 3.8) is 0 Å². The highest BCUT2D eigenvalue weighted by Crippen LogP contribution is 2.31. The summed E-state index contributed by atoms with van der Waals surface area (Å²) in [4.78, 5) is 12.1. The quantitative estimate of drug-likeness (QED) is 0.838. The van der Waals surface area contributed by atoms with Crippen LogP contribution in [-0.4, -0.2) is 27.4 Å².